The van der Waals surface area contributed by atoms with Gasteiger partial charge in [-0.15, -0.1) is 0 Å². The molecule has 0 aliphatic heterocycles. The van der Waals surface area contributed by atoms with E-state index in [4.69, 9.17) is 20.4 Å². The zero-order valence-electron chi connectivity index (χ0n) is 12.5. The van der Waals surface area contributed by atoms with Gasteiger partial charge in [-0.05, 0) is 11.1 Å². The van der Waals surface area contributed by atoms with Gasteiger partial charge in [0.25, 0.3) is 0 Å². The first-order chi connectivity index (χ1) is 11.4. The second-order valence-corrected chi connectivity index (χ2v) is 5.05. The van der Waals surface area contributed by atoms with Gasteiger partial charge >= 0.3 is 0 Å². The van der Waals surface area contributed by atoms with Gasteiger partial charge in [0, 0.05) is 11.1 Å². The Morgan fingerprint density at radius 1 is 0.625 bits per heavy atom. The average molecular weight is 328 g/mol. The lowest BCUT2D eigenvalue weighted by Gasteiger charge is -2.03. The SMILES string of the molecule is O=C(c1ccc(/C=C/c2ccc(C(=O)C(O)O)cc2)cc1)C(O)O. The molecule has 6 heteroatoms. The van der Waals surface area contributed by atoms with Crippen LogP contribution in [0.2, 0.25) is 0 Å². The van der Waals surface area contributed by atoms with Crippen LogP contribution in [-0.2, 0) is 0 Å². The van der Waals surface area contributed by atoms with Crippen molar-refractivity contribution in [3.8, 4) is 0 Å². The van der Waals surface area contributed by atoms with E-state index in [0.29, 0.717) is 0 Å². The van der Waals surface area contributed by atoms with Crippen LogP contribution in [0.1, 0.15) is 31.8 Å². The van der Waals surface area contributed by atoms with Gasteiger partial charge in [-0.25, -0.2) is 0 Å². The largest absolute Gasteiger partial charge is 0.362 e. The van der Waals surface area contributed by atoms with Gasteiger partial charge in [-0.3, -0.25) is 9.59 Å². The molecule has 124 valence electrons. The van der Waals surface area contributed by atoms with Gasteiger partial charge in [0.1, 0.15) is 0 Å². The van der Waals surface area contributed by atoms with Gasteiger partial charge < -0.3 is 20.4 Å². The smallest absolute Gasteiger partial charge is 0.218 e. The molecule has 0 spiro atoms. The third-order valence-electron chi connectivity index (χ3n) is 3.33. The molecule has 0 bridgehead atoms. The molecule has 0 saturated carbocycles. The predicted octanol–water partition coefficient (Wildman–Crippen LogP) is 0.844. The van der Waals surface area contributed by atoms with E-state index in [1.165, 1.54) is 24.3 Å². The van der Waals surface area contributed by atoms with Crippen molar-refractivity contribution in [2.75, 3.05) is 0 Å². The monoisotopic (exact) mass is 328 g/mol. The topological polar surface area (TPSA) is 115 Å². The molecular formula is C18H16O6. The molecule has 2 aromatic rings. The van der Waals surface area contributed by atoms with E-state index in [1.54, 1.807) is 36.4 Å². The van der Waals surface area contributed by atoms with Crippen molar-refractivity contribution in [1.29, 1.82) is 0 Å². The quantitative estimate of drug-likeness (QED) is 0.355. The van der Waals surface area contributed by atoms with Crippen molar-refractivity contribution in [2.45, 2.75) is 12.6 Å². The normalized spacial score (nSPS) is 11.4. The first-order valence-electron chi connectivity index (χ1n) is 7.07. The summed E-state index contributed by atoms with van der Waals surface area (Å²) >= 11 is 0. The summed E-state index contributed by atoms with van der Waals surface area (Å²) in [6.07, 6.45) is -0.488. The molecule has 24 heavy (non-hydrogen) atoms. The highest BCUT2D eigenvalue weighted by Gasteiger charge is 2.13. The Kier molecular flexibility index (Phi) is 5.73. The van der Waals surface area contributed by atoms with Gasteiger partial charge in [-0.2, -0.15) is 0 Å². The summed E-state index contributed by atoms with van der Waals surface area (Å²) in [7, 11) is 0. The maximum absolute atomic E-state index is 11.4. The lowest BCUT2D eigenvalue weighted by Crippen LogP contribution is -2.19. The number of rotatable bonds is 6. The maximum Gasteiger partial charge on any atom is 0.218 e. The van der Waals surface area contributed by atoms with E-state index in [-0.39, 0.29) is 11.1 Å². The number of hydrogen-bond donors (Lipinski definition) is 4. The molecule has 0 atom stereocenters. The molecule has 0 heterocycles. The summed E-state index contributed by atoms with van der Waals surface area (Å²) in [5, 5.41) is 35.3. The fourth-order valence-electron chi connectivity index (χ4n) is 2.01. The summed E-state index contributed by atoms with van der Waals surface area (Å²) in [5.74, 6) is -1.53. The van der Waals surface area contributed by atoms with Crippen LogP contribution in [0.3, 0.4) is 0 Å². The van der Waals surface area contributed by atoms with Crippen molar-refractivity contribution in [1.82, 2.24) is 0 Å². The molecule has 4 N–H and O–H groups in total. The average Bonchev–Trinajstić information content (AvgIpc) is 2.59. The number of Topliss-reactive ketones (excluding diaryl/α,β-unsaturated/α-hetero) is 2. The van der Waals surface area contributed by atoms with Crippen LogP contribution in [-0.4, -0.2) is 44.6 Å². The Hall–Kier alpha value is -2.64. The molecule has 0 saturated heterocycles. The van der Waals surface area contributed by atoms with E-state index in [0.717, 1.165) is 11.1 Å². The van der Waals surface area contributed by atoms with E-state index in [9.17, 15) is 9.59 Å². The van der Waals surface area contributed by atoms with Gasteiger partial charge in [0.05, 0.1) is 0 Å². The van der Waals surface area contributed by atoms with Crippen LogP contribution in [0, 0.1) is 0 Å². The highest BCUT2D eigenvalue weighted by molar-refractivity contribution is 5.99. The van der Waals surface area contributed by atoms with Crippen LogP contribution in [0.5, 0.6) is 0 Å². The van der Waals surface area contributed by atoms with Crippen molar-refractivity contribution < 1.29 is 30.0 Å². The highest BCUT2D eigenvalue weighted by Crippen LogP contribution is 2.12. The van der Waals surface area contributed by atoms with Crippen LogP contribution in [0.15, 0.2) is 48.5 Å². The molecule has 6 nitrogen and oxygen atoms in total. The molecule has 0 radical (unpaired) electrons. The molecule has 0 fully saturated rings. The van der Waals surface area contributed by atoms with Crippen molar-refractivity contribution in [2.24, 2.45) is 0 Å². The minimum atomic E-state index is -2.02. The lowest BCUT2D eigenvalue weighted by molar-refractivity contribution is -0.0195. The van der Waals surface area contributed by atoms with Crippen LogP contribution in [0.4, 0.5) is 0 Å². The summed E-state index contributed by atoms with van der Waals surface area (Å²) < 4.78 is 0. The summed E-state index contributed by atoms with van der Waals surface area (Å²) in [5.41, 5.74) is 2.00. The van der Waals surface area contributed by atoms with Crippen molar-refractivity contribution in [3.63, 3.8) is 0 Å². The fourth-order valence-corrected chi connectivity index (χ4v) is 2.01. The highest BCUT2D eigenvalue weighted by atomic mass is 16.5. The number of ketones is 2. The molecule has 2 aromatic carbocycles. The van der Waals surface area contributed by atoms with Crippen molar-refractivity contribution in [3.05, 3.63) is 70.8 Å². The second-order valence-electron chi connectivity index (χ2n) is 5.05. The summed E-state index contributed by atoms with van der Waals surface area (Å²) in [4.78, 5) is 22.8. The Morgan fingerprint density at radius 2 is 0.917 bits per heavy atom. The third-order valence-corrected chi connectivity index (χ3v) is 3.33. The Bertz CT molecular complexity index is 677. The van der Waals surface area contributed by atoms with Crippen LogP contribution < -0.4 is 0 Å². The summed E-state index contributed by atoms with van der Waals surface area (Å²) in [6.45, 7) is 0. The molecular weight excluding hydrogens is 312 g/mol. The molecule has 0 aliphatic rings. The zero-order chi connectivity index (χ0) is 17.7. The Morgan fingerprint density at radius 3 is 1.17 bits per heavy atom. The van der Waals surface area contributed by atoms with E-state index in [2.05, 4.69) is 0 Å². The lowest BCUT2D eigenvalue weighted by atomic mass is 10.1. The minimum absolute atomic E-state index is 0.201. The van der Waals surface area contributed by atoms with E-state index in [1.807, 2.05) is 0 Å². The first kappa shape index (κ1) is 17.7. The maximum atomic E-state index is 11.4. The van der Waals surface area contributed by atoms with Gasteiger partial charge in [0.15, 0.2) is 0 Å². The minimum Gasteiger partial charge on any atom is -0.362 e. The first-order valence-corrected chi connectivity index (χ1v) is 7.07. The number of aliphatic hydroxyl groups excluding tert-OH is 2. The second kappa shape index (κ2) is 7.76. The molecule has 0 unspecified atom stereocenters. The van der Waals surface area contributed by atoms with Crippen LogP contribution >= 0.6 is 0 Å². The Labute approximate surface area is 137 Å². The molecule has 0 aromatic heterocycles. The fraction of sp³-hybridized carbons (Fsp3) is 0.111. The third kappa shape index (κ3) is 4.43. The van der Waals surface area contributed by atoms with Crippen molar-refractivity contribution >= 4 is 23.7 Å². The predicted molar refractivity (Wildman–Crippen MR) is 86.9 cm³/mol. The van der Waals surface area contributed by atoms with Crippen LogP contribution in [0.25, 0.3) is 12.2 Å². The van der Waals surface area contributed by atoms with E-state index >= 15 is 0 Å². The Balaban J connectivity index is 2.08. The molecule has 2 rings (SSSR count). The number of carbonyl (C=O) groups excluding carboxylic acids is 2. The molecule has 0 aliphatic carbocycles. The zero-order valence-corrected chi connectivity index (χ0v) is 12.5. The van der Waals surface area contributed by atoms with E-state index < -0.39 is 24.1 Å². The standard InChI is InChI=1S/C18H16O6/c19-15(17(21)22)13-7-3-11(4-8-13)1-2-12-5-9-14(10-6-12)16(20)18(23)24/h1-10,17-18,21-24H/b2-1+. The number of aliphatic hydroxyl groups is 4. The summed E-state index contributed by atoms with van der Waals surface area (Å²) in [6, 6.07) is 12.6. The number of hydrogen-bond acceptors (Lipinski definition) is 6. The number of carbonyl (C=O) groups is 2. The van der Waals surface area contributed by atoms with Gasteiger partial charge in [0.2, 0.25) is 24.1 Å². The molecule has 0 amide bonds. The van der Waals surface area contributed by atoms with Gasteiger partial charge in [-0.1, -0.05) is 60.7 Å². The number of benzene rings is 2.